The van der Waals surface area contributed by atoms with Crippen molar-refractivity contribution in [2.24, 2.45) is 11.0 Å². The molecule has 5 nitrogen and oxygen atoms in total. The molecule has 0 spiro atoms. The van der Waals surface area contributed by atoms with E-state index in [1.165, 1.54) is 0 Å². The van der Waals surface area contributed by atoms with Gasteiger partial charge in [0.25, 0.3) is 0 Å². The lowest BCUT2D eigenvalue weighted by atomic mass is 10.7. The standard InChI is InChI=1S/C3H10N3O2PS/c4-9(5,7)8-3-1-10-2-6-3/h3,6H,1-2H2,(H4,4,5,7). The van der Waals surface area contributed by atoms with Gasteiger partial charge in [0.05, 0.1) is 0 Å². The van der Waals surface area contributed by atoms with Crippen LogP contribution in [0, 0.1) is 0 Å². The van der Waals surface area contributed by atoms with E-state index in [1.54, 1.807) is 11.8 Å². The Hall–Kier alpha value is 0.420. The van der Waals surface area contributed by atoms with Gasteiger partial charge >= 0.3 is 7.67 Å². The molecule has 1 aliphatic rings. The second-order valence-corrected chi connectivity index (χ2v) is 4.49. The summed E-state index contributed by atoms with van der Waals surface area (Å²) in [5, 5.41) is 2.92. The minimum Gasteiger partial charge on any atom is -0.286 e. The molecule has 0 saturated carbocycles. The van der Waals surface area contributed by atoms with Gasteiger partial charge in [-0.2, -0.15) is 0 Å². The molecule has 0 aromatic rings. The molecule has 1 atom stereocenters. The Kier molecular flexibility index (Phi) is 2.74. The van der Waals surface area contributed by atoms with Crippen molar-refractivity contribution in [2.75, 3.05) is 11.6 Å². The largest absolute Gasteiger partial charge is 0.337 e. The predicted molar refractivity (Wildman–Crippen MR) is 41.3 cm³/mol. The van der Waals surface area contributed by atoms with Crippen LogP contribution in [0.3, 0.4) is 0 Å². The summed E-state index contributed by atoms with van der Waals surface area (Å²) in [4.78, 5) is 0. The van der Waals surface area contributed by atoms with Gasteiger partial charge in [-0.3, -0.25) is 14.4 Å². The highest BCUT2D eigenvalue weighted by atomic mass is 32.2. The van der Waals surface area contributed by atoms with E-state index < -0.39 is 7.67 Å². The van der Waals surface area contributed by atoms with Crippen LogP contribution >= 0.6 is 19.4 Å². The van der Waals surface area contributed by atoms with E-state index >= 15 is 0 Å². The van der Waals surface area contributed by atoms with Crippen LogP contribution < -0.4 is 16.3 Å². The van der Waals surface area contributed by atoms with Crippen molar-refractivity contribution < 1.29 is 9.09 Å². The maximum atomic E-state index is 10.7. The third-order valence-corrected chi connectivity index (χ3v) is 2.47. The predicted octanol–water partition coefficient (Wildman–Crippen LogP) is -0.352. The maximum Gasteiger partial charge on any atom is 0.337 e. The summed E-state index contributed by atoms with van der Waals surface area (Å²) in [5.41, 5.74) is 9.95. The van der Waals surface area contributed by atoms with E-state index in [0.717, 1.165) is 11.6 Å². The zero-order valence-corrected chi connectivity index (χ0v) is 7.03. The van der Waals surface area contributed by atoms with Crippen molar-refractivity contribution in [3.8, 4) is 0 Å². The molecule has 1 rings (SSSR count). The van der Waals surface area contributed by atoms with Crippen molar-refractivity contribution in [1.29, 1.82) is 0 Å². The monoisotopic (exact) mass is 183 g/mol. The van der Waals surface area contributed by atoms with E-state index in [0.29, 0.717) is 0 Å². The van der Waals surface area contributed by atoms with Crippen molar-refractivity contribution in [2.45, 2.75) is 6.23 Å². The fourth-order valence-corrected chi connectivity index (χ4v) is 2.11. The summed E-state index contributed by atoms with van der Waals surface area (Å²) in [5.74, 6) is 1.54. The summed E-state index contributed by atoms with van der Waals surface area (Å²) in [7, 11) is -3.29. The van der Waals surface area contributed by atoms with Crippen LogP contribution in [0.15, 0.2) is 0 Å². The molecule has 0 aliphatic carbocycles. The summed E-state index contributed by atoms with van der Waals surface area (Å²) in [6.45, 7) is 0. The highest BCUT2D eigenvalue weighted by Gasteiger charge is 2.21. The lowest BCUT2D eigenvalue weighted by molar-refractivity contribution is 0.206. The Labute approximate surface area is 63.4 Å². The molecular weight excluding hydrogens is 173 g/mol. The molecule has 0 radical (unpaired) electrons. The minimum atomic E-state index is -3.29. The fraction of sp³-hybridized carbons (Fsp3) is 1.00. The molecule has 7 heteroatoms. The van der Waals surface area contributed by atoms with Crippen molar-refractivity contribution in [3.63, 3.8) is 0 Å². The lowest BCUT2D eigenvalue weighted by Crippen LogP contribution is -2.28. The van der Waals surface area contributed by atoms with Gasteiger partial charge in [0.15, 0.2) is 0 Å². The molecule has 1 unspecified atom stereocenters. The van der Waals surface area contributed by atoms with Gasteiger partial charge in [-0.1, -0.05) is 0 Å². The Morgan fingerprint density at radius 2 is 2.40 bits per heavy atom. The molecular formula is C3H10N3O2PS. The van der Waals surface area contributed by atoms with Gasteiger partial charge in [0.1, 0.15) is 6.23 Å². The molecule has 1 fully saturated rings. The zero-order chi connectivity index (χ0) is 7.61. The quantitative estimate of drug-likeness (QED) is 0.507. The van der Waals surface area contributed by atoms with Gasteiger partial charge < -0.3 is 0 Å². The van der Waals surface area contributed by atoms with Crippen LogP contribution in [0.1, 0.15) is 0 Å². The Balaban J connectivity index is 2.31. The van der Waals surface area contributed by atoms with E-state index in [2.05, 4.69) is 5.32 Å². The number of hydrogen-bond donors (Lipinski definition) is 3. The number of thioether (sulfide) groups is 1. The lowest BCUT2D eigenvalue weighted by Gasteiger charge is -2.12. The second-order valence-electron chi connectivity index (χ2n) is 1.96. The van der Waals surface area contributed by atoms with Gasteiger partial charge in [-0.25, -0.2) is 11.0 Å². The summed E-state index contributed by atoms with van der Waals surface area (Å²) >= 11 is 1.65. The van der Waals surface area contributed by atoms with Crippen molar-refractivity contribution in [1.82, 2.24) is 5.32 Å². The summed E-state index contributed by atoms with van der Waals surface area (Å²) in [6.07, 6.45) is -0.245. The average molecular weight is 183 g/mol. The van der Waals surface area contributed by atoms with Crippen LogP contribution in [0.25, 0.3) is 0 Å². The molecule has 1 saturated heterocycles. The Morgan fingerprint density at radius 1 is 1.70 bits per heavy atom. The van der Waals surface area contributed by atoms with Crippen LogP contribution in [-0.2, 0) is 9.09 Å². The molecule has 0 bridgehead atoms. The Bertz CT molecular complexity index is 154. The maximum absolute atomic E-state index is 10.7. The van der Waals surface area contributed by atoms with Crippen molar-refractivity contribution >= 4 is 19.4 Å². The number of nitrogens with two attached hydrogens (primary N) is 2. The number of rotatable bonds is 2. The topological polar surface area (TPSA) is 90.4 Å². The third kappa shape index (κ3) is 3.01. The molecule has 10 heavy (non-hydrogen) atoms. The van der Waals surface area contributed by atoms with Gasteiger partial charge in [0, 0.05) is 11.6 Å². The smallest absolute Gasteiger partial charge is 0.286 e. The van der Waals surface area contributed by atoms with Crippen LogP contribution in [0.5, 0.6) is 0 Å². The average Bonchev–Trinajstić information content (AvgIpc) is 2.12. The number of hydrogen-bond acceptors (Lipinski definition) is 4. The van der Waals surface area contributed by atoms with Gasteiger partial charge in [0.2, 0.25) is 0 Å². The highest BCUT2D eigenvalue weighted by molar-refractivity contribution is 7.99. The molecule has 0 amide bonds. The fourth-order valence-electron chi connectivity index (χ4n) is 0.643. The Morgan fingerprint density at radius 3 is 2.80 bits per heavy atom. The first-order valence-electron chi connectivity index (χ1n) is 2.75. The van der Waals surface area contributed by atoms with E-state index in [9.17, 15) is 4.57 Å². The van der Waals surface area contributed by atoms with Gasteiger partial charge in [-0.05, 0) is 0 Å². The minimum absolute atomic E-state index is 0.245. The number of nitrogens with one attached hydrogen (secondary N) is 1. The van der Waals surface area contributed by atoms with E-state index in [-0.39, 0.29) is 6.23 Å². The van der Waals surface area contributed by atoms with Gasteiger partial charge in [-0.15, -0.1) is 11.8 Å². The first kappa shape index (κ1) is 8.52. The van der Waals surface area contributed by atoms with E-state index in [1.807, 2.05) is 0 Å². The summed E-state index contributed by atoms with van der Waals surface area (Å²) < 4.78 is 15.4. The molecule has 1 aliphatic heterocycles. The highest BCUT2D eigenvalue weighted by Crippen LogP contribution is 2.30. The van der Waals surface area contributed by atoms with E-state index in [4.69, 9.17) is 15.5 Å². The molecule has 0 aromatic carbocycles. The molecule has 60 valence electrons. The molecule has 0 aromatic heterocycles. The zero-order valence-electron chi connectivity index (χ0n) is 5.32. The third-order valence-electron chi connectivity index (χ3n) is 0.974. The first-order chi connectivity index (χ1) is 4.58. The molecule has 5 N–H and O–H groups in total. The second kappa shape index (κ2) is 3.21. The SMILES string of the molecule is NP(N)(=O)OC1CSCN1. The summed E-state index contributed by atoms with van der Waals surface area (Å²) in [6, 6.07) is 0. The van der Waals surface area contributed by atoms with Crippen molar-refractivity contribution in [3.05, 3.63) is 0 Å². The van der Waals surface area contributed by atoms with Crippen LogP contribution in [-0.4, -0.2) is 17.9 Å². The van der Waals surface area contributed by atoms with Crippen LogP contribution in [0.4, 0.5) is 0 Å². The van der Waals surface area contributed by atoms with Crippen LogP contribution in [0.2, 0.25) is 0 Å². The normalized spacial score (nSPS) is 27.2. The first-order valence-corrected chi connectivity index (χ1v) is 5.66. The molecule has 1 heterocycles.